The molecule has 0 saturated heterocycles. The molecule has 1 aromatic carbocycles. The number of para-hydroxylation sites is 1. The molecule has 0 aliphatic heterocycles. The smallest absolute Gasteiger partial charge is 0.270 e. The zero-order valence-corrected chi connectivity index (χ0v) is 11.9. The van der Waals surface area contributed by atoms with E-state index in [9.17, 15) is 9.59 Å². The number of fused-ring (bicyclic) bond motifs is 1. The Balaban J connectivity index is 1.98. The summed E-state index contributed by atoms with van der Waals surface area (Å²) in [5, 5.41) is 3.89. The second kappa shape index (κ2) is 7.01. The van der Waals surface area contributed by atoms with Crippen LogP contribution in [0.25, 0.3) is 10.9 Å². The third kappa shape index (κ3) is 4.14. The molecule has 0 atom stereocenters. The summed E-state index contributed by atoms with van der Waals surface area (Å²) in [6, 6.07) is 8.82. The van der Waals surface area contributed by atoms with Gasteiger partial charge < -0.3 is 15.8 Å². The number of primary amides is 1. The summed E-state index contributed by atoms with van der Waals surface area (Å²) >= 11 is 6.13. The van der Waals surface area contributed by atoms with Gasteiger partial charge in [0.2, 0.25) is 5.91 Å². The van der Waals surface area contributed by atoms with Crippen molar-refractivity contribution in [2.45, 2.75) is 0 Å². The number of ether oxygens (including phenoxy) is 1. The molecule has 21 heavy (non-hydrogen) atoms. The van der Waals surface area contributed by atoms with Crippen LogP contribution in [0.1, 0.15) is 10.5 Å². The van der Waals surface area contributed by atoms with Gasteiger partial charge in [0.05, 0.1) is 17.1 Å². The molecule has 1 heterocycles. The summed E-state index contributed by atoms with van der Waals surface area (Å²) in [4.78, 5) is 26.7. The highest BCUT2D eigenvalue weighted by Crippen LogP contribution is 2.22. The highest BCUT2D eigenvalue weighted by molar-refractivity contribution is 6.35. The number of pyridine rings is 1. The molecule has 0 aliphatic rings. The fourth-order valence-corrected chi connectivity index (χ4v) is 2.01. The predicted octanol–water partition coefficient (Wildman–Crippen LogP) is 1.12. The van der Waals surface area contributed by atoms with E-state index in [1.54, 1.807) is 6.07 Å². The molecule has 0 spiro atoms. The van der Waals surface area contributed by atoms with E-state index < -0.39 is 5.91 Å². The van der Waals surface area contributed by atoms with Gasteiger partial charge in [-0.25, -0.2) is 4.98 Å². The first-order valence-electron chi connectivity index (χ1n) is 6.27. The first kappa shape index (κ1) is 15.2. The number of carbonyl (C=O) groups is 2. The van der Waals surface area contributed by atoms with Crippen LogP contribution in [0.4, 0.5) is 0 Å². The number of halogens is 1. The molecular weight excluding hydrogens is 294 g/mol. The Kier molecular flexibility index (Phi) is 5.08. The van der Waals surface area contributed by atoms with Crippen molar-refractivity contribution in [3.8, 4) is 0 Å². The fourth-order valence-electron chi connectivity index (χ4n) is 1.75. The molecule has 0 aliphatic carbocycles. The van der Waals surface area contributed by atoms with Crippen LogP contribution in [-0.2, 0) is 9.53 Å². The van der Waals surface area contributed by atoms with E-state index in [0.717, 1.165) is 5.39 Å². The Morgan fingerprint density at radius 1 is 1.33 bits per heavy atom. The Morgan fingerprint density at radius 2 is 2.10 bits per heavy atom. The fraction of sp³-hybridized carbons (Fsp3) is 0.214. The van der Waals surface area contributed by atoms with Crippen LogP contribution in [0.2, 0.25) is 5.02 Å². The lowest BCUT2D eigenvalue weighted by atomic mass is 10.2. The number of carbonyl (C=O) groups excluding carboxylic acids is 2. The van der Waals surface area contributed by atoms with Crippen molar-refractivity contribution in [3.63, 3.8) is 0 Å². The van der Waals surface area contributed by atoms with Crippen molar-refractivity contribution in [1.29, 1.82) is 0 Å². The number of aromatic nitrogens is 1. The highest BCUT2D eigenvalue weighted by atomic mass is 35.5. The van der Waals surface area contributed by atoms with E-state index in [1.165, 1.54) is 6.07 Å². The van der Waals surface area contributed by atoms with Gasteiger partial charge in [0.15, 0.2) is 0 Å². The van der Waals surface area contributed by atoms with Crippen LogP contribution in [0, 0.1) is 0 Å². The summed E-state index contributed by atoms with van der Waals surface area (Å²) in [6.07, 6.45) is 0. The summed E-state index contributed by atoms with van der Waals surface area (Å²) in [5.41, 5.74) is 5.80. The number of amides is 2. The van der Waals surface area contributed by atoms with Gasteiger partial charge in [-0.2, -0.15) is 0 Å². The largest absolute Gasteiger partial charge is 0.370 e. The van der Waals surface area contributed by atoms with Gasteiger partial charge in [-0.3, -0.25) is 9.59 Å². The minimum atomic E-state index is -0.552. The van der Waals surface area contributed by atoms with Crippen molar-refractivity contribution in [3.05, 3.63) is 41.0 Å². The predicted molar refractivity (Wildman–Crippen MR) is 79.1 cm³/mol. The quantitative estimate of drug-likeness (QED) is 0.782. The lowest BCUT2D eigenvalue weighted by Gasteiger charge is -2.07. The Bertz CT molecular complexity index is 676. The highest BCUT2D eigenvalue weighted by Gasteiger charge is 2.10. The SMILES string of the molecule is NC(=O)COCCNC(=O)c1cc(Cl)c2ccccc2n1. The first-order valence-corrected chi connectivity index (χ1v) is 6.65. The average molecular weight is 308 g/mol. The van der Waals surface area contributed by atoms with Crippen molar-refractivity contribution >= 4 is 34.3 Å². The van der Waals surface area contributed by atoms with Crippen LogP contribution in [0.5, 0.6) is 0 Å². The molecule has 2 aromatic rings. The number of rotatable bonds is 6. The van der Waals surface area contributed by atoms with E-state index in [-0.39, 0.29) is 31.4 Å². The Hall–Kier alpha value is -2.18. The van der Waals surface area contributed by atoms with Gasteiger partial charge in [-0.1, -0.05) is 29.8 Å². The zero-order valence-electron chi connectivity index (χ0n) is 11.1. The second-order valence-electron chi connectivity index (χ2n) is 4.28. The number of hydrogen-bond acceptors (Lipinski definition) is 4. The summed E-state index contributed by atoms with van der Waals surface area (Å²) in [6.45, 7) is 0.268. The van der Waals surface area contributed by atoms with Gasteiger partial charge in [0.1, 0.15) is 12.3 Å². The molecular formula is C14H14ClN3O3. The lowest BCUT2D eigenvalue weighted by molar-refractivity contribution is -0.122. The van der Waals surface area contributed by atoms with Gasteiger partial charge in [-0.05, 0) is 12.1 Å². The molecule has 0 saturated carbocycles. The van der Waals surface area contributed by atoms with Crippen LogP contribution in [0.3, 0.4) is 0 Å². The third-order valence-electron chi connectivity index (χ3n) is 2.67. The molecule has 3 N–H and O–H groups in total. The summed E-state index contributed by atoms with van der Waals surface area (Å²) in [7, 11) is 0. The molecule has 1 aromatic heterocycles. The van der Waals surface area contributed by atoms with E-state index in [2.05, 4.69) is 10.3 Å². The van der Waals surface area contributed by atoms with Crippen LogP contribution in [-0.4, -0.2) is 36.6 Å². The topological polar surface area (TPSA) is 94.3 Å². The van der Waals surface area contributed by atoms with Gasteiger partial charge in [-0.15, -0.1) is 0 Å². The molecule has 6 nitrogen and oxygen atoms in total. The van der Waals surface area contributed by atoms with Crippen molar-refractivity contribution in [2.24, 2.45) is 5.73 Å². The lowest BCUT2D eigenvalue weighted by Crippen LogP contribution is -2.29. The molecule has 110 valence electrons. The molecule has 0 bridgehead atoms. The normalized spacial score (nSPS) is 10.5. The third-order valence-corrected chi connectivity index (χ3v) is 2.99. The molecule has 0 radical (unpaired) electrons. The van der Waals surface area contributed by atoms with Crippen LogP contribution >= 0.6 is 11.6 Å². The molecule has 2 amide bonds. The summed E-state index contributed by atoms with van der Waals surface area (Å²) < 4.78 is 4.94. The first-order chi connectivity index (χ1) is 10.1. The Morgan fingerprint density at radius 3 is 2.86 bits per heavy atom. The number of nitrogens with one attached hydrogen (secondary N) is 1. The van der Waals surface area contributed by atoms with E-state index in [4.69, 9.17) is 22.1 Å². The van der Waals surface area contributed by atoms with Gasteiger partial charge in [0, 0.05) is 11.9 Å². The average Bonchev–Trinajstić information content (AvgIpc) is 2.46. The van der Waals surface area contributed by atoms with Crippen LogP contribution in [0.15, 0.2) is 30.3 Å². The van der Waals surface area contributed by atoms with Crippen LogP contribution < -0.4 is 11.1 Å². The summed E-state index contributed by atoms with van der Waals surface area (Å²) in [5.74, 6) is -0.908. The zero-order chi connectivity index (χ0) is 15.2. The Labute approximate surface area is 126 Å². The van der Waals surface area contributed by atoms with Gasteiger partial charge >= 0.3 is 0 Å². The monoisotopic (exact) mass is 307 g/mol. The second-order valence-corrected chi connectivity index (χ2v) is 4.69. The minimum Gasteiger partial charge on any atom is -0.370 e. The maximum absolute atomic E-state index is 12.0. The van der Waals surface area contributed by atoms with E-state index in [0.29, 0.717) is 10.5 Å². The molecule has 0 unspecified atom stereocenters. The van der Waals surface area contributed by atoms with Crippen molar-refractivity contribution < 1.29 is 14.3 Å². The number of nitrogens with zero attached hydrogens (tertiary/aromatic N) is 1. The molecule has 7 heteroatoms. The van der Waals surface area contributed by atoms with Crippen molar-refractivity contribution in [2.75, 3.05) is 19.8 Å². The van der Waals surface area contributed by atoms with Crippen molar-refractivity contribution in [1.82, 2.24) is 10.3 Å². The number of hydrogen-bond donors (Lipinski definition) is 2. The molecule has 0 fully saturated rings. The van der Waals surface area contributed by atoms with E-state index in [1.807, 2.05) is 18.2 Å². The number of nitrogens with two attached hydrogens (primary N) is 1. The molecule has 2 rings (SSSR count). The van der Waals surface area contributed by atoms with E-state index >= 15 is 0 Å². The number of benzene rings is 1. The standard InChI is InChI=1S/C14H14ClN3O3/c15-10-7-12(18-11-4-2-1-3-9(10)11)14(20)17-5-6-21-8-13(16)19/h1-4,7H,5-6,8H2,(H2,16,19)(H,17,20). The maximum Gasteiger partial charge on any atom is 0.270 e. The maximum atomic E-state index is 12.0. The van der Waals surface area contributed by atoms with Gasteiger partial charge in [0.25, 0.3) is 5.91 Å². The minimum absolute atomic E-state index is 0.171.